The number of pyridine rings is 3. The fraction of sp³-hybridized carbons (Fsp3) is 0.250. The van der Waals surface area contributed by atoms with Crippen LogP contribution in [0.3, 0.4) is 0 Å². The molecule has 8 aromatic rings. The molecule has 0 spiro atoms. The number of carboxylic acids is 1. The normalized spacial score (nSPS) is 13.1. The number of hydrogen-bond donors (Lipinski definition) is 5. The third-order valence-corrected chi connectivity index (χ3v) is 13.2. The molecule has 82 heavy (non-hydrogen) atoms. The minimum atomic E-state index is -0.789. The first-order chi connectivity index (χ1) is 39.1. The molecule has 22 heteroatoms. The fourth-order valence-electron chi connectivity index (χ4n) is 6.29. The molecule has 7 N–H and O–H groups in total. The summed E-state index contributed by atoms with van der Waals surface area (Å²) in [7, 11) is 0. The van der Waals surface area contributed by atoms with Crippen molar-refractivity contribution >= 4 is 56.1 Å². The molecule has 3 unspecified atom stereocenters. The molecule has 3 atom stereocenters. The molecule has 10 rings (SSSR count). The minimum absolute atomic E-state index is 0. The maximum atomic E-state index is 13.2. The molecule has 0 aliphatic heterocycles. The van der Waals surface area contributed by atoms with E-state index in [1.165, 1.54) is 68.3 Å². The van der Waals surface area contributed by atoms with Gasteiger partial charge in [0, 0.05) is 64.1 Å². The topological polar surface area (TPSA) is 250 Å². The van der Waals surface area contributed by atoms with Gasteiger partial charge in [0.1, 0.15) is 39.4 Å². The summed E-state index contributed by atoms with van der Waals surface area (Å²) in [5, 5.41) is 31.0. The molecule has 2 aliphatic rings. The van der Waals surface area contributed by atoms with E-state index in [2.05, 4.69) is 120 Å². The van der Waals surface area contributed by atoms with E-state index in [9.17, 15) is 18.0 Å². The van der Waals surface area contributed by atoms with Crippen LogP contribution in [-0.2, 0) is 4.79 Å². The molecule has 0 amide bonds. The van der Waals surface area contributed by atoms with Crippen LogP contribution >= 0.6 is 44.3 Å². The van der Waals surface area contributed by atoms with Gasteiger partial charge in [-0.1, -0.05) is 122 Å². The smallest absolute Gasteiger partial charge is 0.317 e. The molecule has 5 aromatic heterocycles. The number of nitrogens with zero attached hydrogens (tertiary/aromatic N) is 8. The highest BCUT2D eigenvalue weighted by Gasteiger charge is 2.27. The first kappa shape index (κ1) is 64.6. The van der Waals surface area contributed by atoms with E-state index in [-0.39, 0.29) is 51.4 Å². The van der Waals surface area contributed by atoms with Gasteiger partial charge < -0.3 is 36.1 Å². The summed E-state index contributed by atoms with van der Waals surface area (Å²) in [6.45, 7) is 5.93. The van der Waals surface area contributed by atoms with E-state index in [1.807, 2.05) is 26.0 Å². The van der Waals surface area contributed by atoms with Crippen molar-refractivity contribution in [1.29, 1.82) is 0 Å². The molecule has 0 saturated heterocycles. The number of nitrogens with two attached hydrogens (primary N) is 2. The van der Waals surface area contributed by atoms with Gasteiger partial charge in [-0.3, -0.25) is 19.7 Å². The summed E-state index contributed by atoms with van der Waals surface area (Å²) in [6.07, 6.45) is 12.1. The van der Waals surface area contributed by atoms with E-state index >= 15 is 0 Å². The van der Waals surface area contributed by atoms with Crippen LogP contribution in [0.25, 0.3) is 23.0 Å². The zero-order valence-corrected chi connectivity index (χ0v) is 48.6. The first-order valence-electron chi connectivity index (χ1n) is 25.5. The van der Waals surface area contributed by atoms with Crippen molar-refractivity contribution in [1.82, 2.24) is 40.6 Å². The summed E-state index contributed by atoms with van der Waals surface area (Å²) in [4.78, 5) is 31.0. The number of carboxylic acid groups (broad SMARTS) is 1. The summed E-state index contributed by atoms with van der Waals surface area (Å²) in [5.41, 5.74) is 16.1. The molecule has 3 aromatic carbocycles. The predicted molar refractivity (Wildman–Crippen MR) is 315 cm³/mol. The van der Waals surface area contributed by atoms with Crippen molar-refractivity contribution in [2.45, 2.75) is 93.5 Å². The molecule has 16 nitrogen and oxygen atoms in total. The maximum Gasteiger partial charge on any atom is 0.317 e. The van der Waals surface area contributed by atoms with Crippen LogP contribution < -0.4 is 16.8 Å². The lowest BCUT2D eigenvalue weighted by Crippen LogP contribution is -2.23. The number of amidine groups is 1. The molecule has 2 fully saturated rings. The summed E-state index contributed by atoms with van der Waals surface area (Å²) < 4.78 is 49.9. The second-order valence-corrected chi connectivity index (χ2v) is 20.0. The van der Waals surface area contributed by atoms with E-state index in [4.69, 9.17) is 30.8 Å². The maximum absolute atomic E-state index is 13.2. The van der Waals surface area contributed by atoms with Crippen molar-refractivity contribution in [3.63, 3.8) is 0 Å². The number of aliphatic carboxylic acids is 1. The summed E-state index contributed by atoms with van der Waals surface area (Å²) in [5.74, 6) is 17.7. The molecule has 5 heterocycles. The standard InChI is InChI=1S/C21H19FN4O.C18H13BrFN3O.C14H10FN3O.C4H7BrO2.C3H7N.ClH/c1-2-18(24-17-9-10-17)21-25-20(26-27-21)19-11-8-15(13-23-19)7-6-14-4-3-5-16(22)12-14;1-2-15(19)18-22-17(23-24-18)16-9-8-13(11-21-16)7-6-12-4-3-5-14(20)10-12;15-12-3-1-2-10(8-12)4-5-11-6-7-13(17-9-11)14(16)18-19;1-2-3(5)4(6)7;4-3-1-2-3;/h3-5,8,11-13,17-18,24H,2,9-10H2,1H3;3-5,8-11,15H,2H2,1H3;1-3,6-9,19H,(H2,16,18);3H,2H2,1H3,(H,6,7);3H,1-2,4H2;1H. The number of oxime groups is 1. The van der Waals surface area contributed by atoms with Crippen molar-refractivity contribution < 1.29 is 37.3 Å². The Hall–Kier alpha value is -8.23. The van der Waals surface area contributed by atoms with E-state index in [0.717, 1.165) is 24.0 Å². The van der Waals surface area contributed by atoms with Crippen LogP contribution in [-0.4, -0.2) is 74.3 Å². The van der Waals surface area contributed by atoms with Crippen LogP contribution in [0.4, 0.5) is 13.2 Å². The largest absolute Gasteiger partial charge is 0.480 e. The lowest BCUT2D eigenvalue weighted by atomic mass is 10.2. The van der Waals surface area contributed by atoms with Crippen molar-refractivity contribution in [2.75, 3.05) is 0 Å². The second-order valence-electron chi connectivity index (χ2n) is 17.8. The Morgan fingerprint density at radius 1 is 0.646 bits per heavy atom. The quantitative estimate of drug-likeness (QED) is 0.0202. The number of nitrogens with one attached hydrogen (secondary N) is 1. The van der Waals surface area contributed by atoms with E-state index in [1.54, 1.807) is 73.1 Å². The minimum Gasteiger partial charge on any atom is -0.480 e. The number of benzene rings is 3. The lowest BCUT2D eigenvalue weighted by molar-refractivity contribution is -0.136. The molecule has 424 valence electrons. The number of carbonyl (C=O) groups is 1. The number of alkyl halides is 2. The second kappa shape index (κ2) is 33.5. The van der Waals surface area contributed by atoms with E-state index in [0.29, 0.717) is 81.3 Å². The Bertz CT molecular complexity index is 3530. The van der Waals surface area contributed by atoms with Crippen LogP contribution in [0.15, 0.2) is 142 Å². The van der Waals surface area contributed by atoms with Crippen LogP contribution in [0.2, 0.25) is 0 Å². The predicted octanol–water partition coefficient (Wildman–Crippen LogP) is 11.9. The number of rotatable bonds is 11. The SMILES string of the molecule is CCC(Br)C(=O)O.CCC(Br)c1nc(-c2ccc(C#Cc3cccc(F)c3)cn2)no1.CCC(NC1CC1)c1nc(-c2ccc(C#Cc3cccc(F)c3)cn2)no1.Cl.N/C(=N\O)c1ccc(C#Cc2cccc(F)c2)cn1.NC1CC1. The van der Waals surface area contributed by atoms with Gasteiger partial charge in [-0.2, -0.15) is 9.97 Å². The van der Waals surface area contributed by atoms with Crippen molar-refractivity contribution in [3.8, 4) is 58.6 Å². The monoisotopic (exact) mass is 1260 g/mol. The van der Waals surface area contributed by atoms with Gasteiger partial charge in [0.25, 0.3) is 0 Å². The lowest BCUT2D eigenvalue weighted by Gasteiger charge is -2.10. The molecular formula is C60H57Br2ClF3N11O5. The Kier molecular flexibility index (Phi) is 26.4. The average Bonchev–Trinajstić information content (AvgIpc) is 4.45. The van der Waals surface area contributed by atoms with Gasteiger partial charge >= 0.3 is 5.97 Å². The van der Waals surface area contributed by atoms with Gasteiger partial charge in [0.05, 0.1) is 10.9 Å². The van der Waals surface area contributed by atoms with Crippen molar-refractivity contribution in [2.24, 2.45) is 16.6 Å². The third kappa shape index (κ3) is 22.4. The highest BCUT2D eigenvalue weighted by molar-refractivity contribution is 9.10. The number of aromatic nitrogens is 7. The fourth-order valence-corrected chi connectivity index (χ4v) is 6.48. The third-order valence-electron chi connectivity index (χ3n) is 11.1. The van der Waals surface area contributed by atoms with Crippen molar-refractivity contribution in [3.05, 3.63) is 196 Å². The highest BCUT2D eigenvalue weighted by atomic mass is 79.9. The first-order valence-corrected chi connectivity index (χ1v) is 27.4. The zero-order chi connectivity index (χ0) is 58.1. The highest BCUT2D eigenvalue weighted by Crippen LogP contribution is 2.27. The van der Waals surface area contributed by atoms with Crippen LogP contribution in [0, 0.1) is 53.0 Å². The molecular weight excluding hydrogens is 1210 g/mol. The van der Waals surface area contributed by atoms with Gasteiger partial charge in [-0.15, -0.1) is 12.4 Å². The zero-order valence-electron chi connectivity index (χ0n) is 44.6. The summed E-state index contributed by atoms with van der Waals surface area (Å²) in [6, 6.07) is 30.1. The van der Waals surface area contributed by atoms with Crippen LogP contribution in [0.1, 0.15) is 127 Å². The Morgan fingerprint density at radius 2 is 1.07 bits per heavy atom. The molecule has 2 saturated carbocycles. The number of hydrogen-bond acceptors (Lipinski definition) is 14. The van der Waals surface area contributed by atoms with Gasteiger partial charge in [0.2, 0.25) is 23.4 Å². The van der Waals surface area contributed by atoms with Crippen LogP contribution in [0.5, 0.6) is 0 Å². The molecule has 0 bridgehead atoms. The van der Waals surface area contributed by atoms with Gasteiger partial charge in [0.15, 0.2) is 5.84 Å². The van der Waals surface area contributed by atoms with Gasteiger partial charge in [-0.25, -0.2) is 13.2 Å². The summed E-state index contributed by atoms with van der Waals surface area (Å²) >= 11 is 6.41. The Balaban J connectivity index is 0.000000207. The molecule has 2 aliphatic carbocycles. The Labute approximate surface area is 495 Å². The van der Waals surface area contributed by atoms with E-state index < -0.39 is 5.97 Å². The van der Waals surface area contributed by atoms with Gasteiger partial charge in [-0.05, 0) is 136 Å². The molecule has 0 radical (unpaired) electrons. The Morgan fingerprint density at radius 3 is 1.40 bits per heavy atom. The average molecular weight is 1260 g/mol. The number of halogens is 6.